The zero-order valence-corrected chi connectivity index (χ0v) is 12.6. The van der Waals surface area contributed by atoms with Crippen molar-refractivity contribution in [3.8, 4) is 5.75 Å². The summed E-state index contributed by atoms with van der Waals surface area (Å²) in [7, 11) is 0. The molecule has 1 amide bonds. The number of carbonyl (C=O) groups excluding carboxylic acids is 1. The van der Waals surface area contributed by atoms with E-state index in [1.165, 1.54) is 12.1 Å². The summed E-state index contributed by atoms with van der Waals surface area (Å²) in [5.41, 5.74) is 0.909. The highest BCUT2D eigenvalue weighted by atomic mass is 19.1. The molecule has 0 heterocycles. The number of aliphatic hydroxyl groups is 1. The standard InChI is InChI=1S/C18H18FNO3/c19-15-7-3-4-8-16(15)23-11-17(21)20-12-18(22)10-9-13-5-1-2-6-14(13)18/h1-8,22H,9-12H2,(H,20,21)/t18-/m1/s1. The van der Waals surface area contributed by atoms with Crippen LogP contribution in [0.4, 0.5) is 4.39 Å². The third-order valence-corrected chi connectivity index (χ3v) is 4.10. The third-order valence-electron chi connectivity index (χ3n) is 4.10. The number of carbonyl (C=O) groups is 1. The second kappa shape index (κ2) is 6.38. The zero-order valence-electron chi connectivity index (χ0n) is 12.6. The van der Waals surface area contributed by atoms with Crippen molar-refractivity contribution in [2.45, 2.75) is 18.4 Å². The number of para-hydroxylation sites is 1. The molecule has 2 aromatic rings. The van der Waals surface area contributed by atoms with Crippen molar-refractivity contribution in [3.63, 3.8) is 0 Å². The van der Waals surface area contributed by atoms with Crippen LogP contribution in [0.5, 0.6) is 5.75 Å². The summed E-state index contributed by atoms with van der Waals surface area (Å²) < 4.78 is 18.5. The molecular formula is C18H18FNO3. The van der Waals surface area contributed by atoms with Crippen LogP contribution in [0.1, 0.15) is 17.5 Å². The lowest BCUT2D eigenvalue weighted by molar-refractivity contribution is -0.124. The lowest BCUT2D eigenvalue weighted by atomic mass is 9.96. The number of fused-ring (bicyclic) bond motifs is 1. The first-order valence-electron chi connectivity index (χ1n) is 7.53. The van der Waals surface area contributed by atoms with Crippen LogP contribution in [0, 0.1) is 5.82 Å². The van der Waals surface area contributed by atoms with Gasteiger partial charge < -0.3 is 15.2 Å². The topological polar surface area (TPSA) is 58.6 Å². The molecule has 3 rings (SSSR count). The predicted molar refractivity (Wildman–Crippen MR) is 83.6 cm³/mol. The van der Waals surface area contributed by atoms with Crippen LogP contribution in [0.2, 0.25) is 0 Å². The Morgan fingerprint density at radius 2 is 1.96 bits per heavy atom. The van der Waals surface area contributed by atoms with Gasteiger partial charge in [0.1, 0.15) is 5.60 Å². The van der Waals surface area contributed by atoms with E-state index in [2.05, 4.69) is 5.32 Å². The van der Waals surface area contributed by atoms with E-state index in [9.17, 15) is 14.3 Å². The molecule has 120 valence electrons. The van der Waals surface area contributed by atoms with Crippen LogP contribution in [0.25, 0.3) is 0 Å². The van der Waals surface area contributed by atoms with Gasteiger partial charge in [0.15, 0.2) is 18.2 Å². The van der Waals surface area contributed by atoms with E-state index in [-0.39, 0.29) is 18.9 Å². The minimum Gasteiger partial charge on any atom is -0.481 e. The van der Waals surface area contributed by atoms with Crippen molar-refractivity contribution in [1.29, 1.82) is 0 Å². The summed E-state index contributed by atoms with van der Waals surface area (Å²) in [6.07, 6.45) is 1.36. The first kappa shape index (κ1) is 15.5. The van der Waals surface area contributed by atoms with Crippen molar-refractivity contribution in [1.82, 2.24) is 5.32 Å². The molecule has 0 spiro atoms. The van der Waals surface area contributed by atoms with Gasteiger partial charge in [0.2, 0.25) is 0 Å². The first-order chi connectivity index (χ1) is 11.1. The molecule has 23 heavy (non-hydrogen) atoms. The van der Waals surface area contributed by atoms with E-state index in [1.807, 2.05) is 24.3 Å². The van der Waals surface area contributed by atoms with E-state index in [1.54, 1.807) is 12.1 Å². The Bertz CT molecular complexity index is 719. The predicted octanol–water partition coefficient (Wildman–Crippen LogP) is 2.15. The van der Waals surface area contributed by atoms with E-state index in [0.29, 0.717) is 6.42 Å². The Morgan fingerprint density at radius 3 is 2.78 bits per heavy atom. The minimum absolute atomic E-state index is 0.0348. The number of rotatable bonds is 5. The maximum Gasteiger partial charge on any atom is 0.258 e. The number of benzene rings is 2. The number of hydrogen-bond donors (Lipinski definition) is 2. The summed E-state index contributed by atoms with van der Waals surface area (Å²) in [5.74, 6) is -0.873. The summed E-state index contributed by atoms with van der Waals surface area (Å²) in [6, 6.07) is 13.6. The summed E-state index contributed by atoms with van der Waals surface area (Å²) in [4.78, 5) is 11.9. The molecule has 0 unspecified atom stereocenters. The fraction of sp³-hybridized carbons (Fsp3) is 0.278. The largest absolute Gasteiger partial charge is 0.481 e. The Hall–Kier alpha value is -2.40. The molecule has 0 saturated carbocycles. The van der Waals surface area contributed by atoms with Gasteiger partial charge in [-0.15, -0.1) is 0 Å². The summed E-state index contributed by atoms with van der Waals surface area (Å²) in [5, 5.41) is 13.4. The Labute approximate surface area is 133 Å². The molecule has 1 aliphatic rings. The minimum atomic E-state index is -1.05. The molecule has 1 aliphatic carbocycles. The van der Waals surface area contributed by atoms with Crippen LogP contribution in [-0.2, 0) is 16.8 Å². The fourth-order valence-corrected chi connectivity index (χ4v) is 2.85. The molecule has 2 N–H and O–H groups in total. The lowest BCUT2D eigenvalue weighted by Gasteiger charge is -2.24. The molecule has 2 aromatic carbocycles. The van der Waals surface area contributed by atoms with Crippen LogP contribution >= 0.6 is 0 Å². The van der Waals surface area contributed by atoms with Crippen LogP contribution < -0.4 is 10.1 Å². The monoisotopic (exact) mass is 315 g/mol. The van der Waals surface area contributed by atoms with Gasteiger partial charge in [0.25, 0.3) is 5.91 Å². The third kappa shape index (κ3) is 3.35. The second-order valence-corrected chi connectivity index (χ2v) is 5.68. The van der Waals surface area contributed by atoms with Gasteiger partial charge >= 0.3 is 0 Å². The quantitative estimate of drug-likeness (QED) is 0.889. The highest BCUT2D eigenvalue weighted by Crippen LogP contribution is 2.36. The number of aryl methyl sites for hydroxylation is 1. The van der Waals surface area contributed by atoms with Gasteiger partial charge in [-0.05, 0) is 36.1 Å². The van der Waals surface area contributed by atoms with E-state index >= 15 is 0 Å². The molecule has 0 fully saturated rings. The van der Waals surface area contributed by atoms with Crippen molar-refractivity contribution in [2.24, 2.45) is 0 Å². The van der Waals surface area contributed by atoms with Gasteiger partial charge in [0.05, 0.1) is 6.54 Å². The van der Waals surface area contributed by atoms with Gasteiger partial charge in [-0.25, -0.2) is 4.39 Å². The molecule has 5 heteroatoms. The molecule has 0 bridgehead atoms. The molecular weight excluding hydrogens is 297 g/mol. The van der Waals surface area contributed by atoms with E-state index in [0.717, 1.165) is 17.5 Å². The van der Waals surface area contributed by atoms with Gasteiger partial charge in [-0.1, -0.05) is 36.4 Å². The van der Waals surface area contributed by atoms with Crippen LogP contribution in [0.3, 0.4) is 0 Å². The molecule has 0 radical (unpaired) electrons. The first-order valence-corrected chi connectivity index (χ1v) is 7.53. The second-order valence-electron chi connectivity index (χ2n) is 5.68. The number of hydrogen-bond acceptors (Lipinski definition) is 3. The fourth-order valence-electron chi connectivity index (χ4n) is 2.85. The highest BCUT2D eigenvalue weighted by Gasteiger charge is 2.36. The molecule has 4 nitrogen and oxygen atoms in total. The summed E-state index contributed by atoms with van der Waals surface area (Å²) in [6.45, 7) is -0.178. The zero-order chi connectivity index (χ0) is 16.3. The van der Waals surface area contributed by atoms with Crippen molar-refractivity contribution < 1.29 is 19.0 Å². The Kier molecular flexibility index (Phi) is 4.30. The molecule has 0 saturated heterocycles. The smallest absolute Gasteiger partial charge is 0.258 e. The maximum atomic E-state index is 13.4. The normalized spacial score (nSPS) is 19.2. The van der Waals surface area contributed by atoms with Gasteiger partial charge in [-0.2, -0.15) is 0 Å². The summed E-state index contributed by atoms with van der Waals surface area (Å²) >= 11 is 0. The van der Waals surface area contributed by atoms with Gasteiger partial charge in [-0.3, -0.25) is 4.79 Å². The highest BCUT2D eigenvalue weighted by molar-refractivity contribution is 5.77. The number of halogens is 1. The van der Waals surface area contributed by atoms with Gasteiger partial charge in [0, 0.05) is 0 Å². The maximum absolute atomic E-state index is 13.4. The Balaban J connectivity index is 1.55. The average molecular weight is 315 g/mol. The van der Waals surface area contributed by atoms with Crippen molar-refractivity contribution in [3.05, 3.63) is 65.5 Å². The molecule has 1 atom stereocenters. The van der Waals surface area contributed by atoms with Crippen LogP contribution in [0.15, 0.2) is 48.5 Å². The van der Waals surface area contributed by atoms with E-state index in [4.69, 9.17) is 4.74 Å². The molecule has 0 aromatic heterocycles. The lowest BCUT2D eigenvalue weighted by Crippen LogP contribution is -2.41. The number of nitrogens with one attached hydrogen (secondary N) is 1. The average Bonchev–Trinajstić information content (AvgIpc) is 2.90. The SMILES string of the molecule is O=C(COc1ccccc1F)NC[C@]1(O)CCc2ccccc21. The van der Waals surface area contributed by atoms with Crippen molar-refractivity contribution in [2.75, 3.05) is 13.2 Å². The molecule has 0 aliphatic heterocycles. The van der Waals surface area contributed by atoms with Crippen LogP contribution in [-0.4, -0.2) is 24.2 Å². The number of amides is 1. The van der Waals surface area contributed by atoms with E-state index < -0.39 is 17.3 Å². The van der Waals surface area contributed by atoms with Crippen molar-refractivity contribution >= 4 is 5.91 Å². The Morgan fingerprint density at radius 1 is 1.22 bits per heavy atom. The number of ether oxygens (including phenoxy) is 1.